The van der Waals surface area contributed by atoms with Crippen LogP contribution in [0.3, 0.4) is 0 Å². The van der Waals surface area contributed by atoms with Crippen LogP contribution in [0.1, 0.15) is 26.7 Å². The minimum atomic E-state index is 0.739. The van der Waals surface area contributed by atoms with Crippen molar-refractivity contribution in [3.05, 3.63) is 0 Å². The molecule has 0 aromatic carbocycles. The molecule has 94 valence electrons. The van der Waals surface area contributed by atoms with Gasteiger partial charge in [-0.2, -0.15) is 11.8 Å². The number of hydrogen-bond donors (Lipinski definition) is 1. The molecule has 0 aromatic rings. The topological polar surface area (TPSA) is 15.3 Å². The lowest BCUT2D eigenvalue weighted by molar-refractivity contribution is 0.168. The van der Waals surface area contributed by atoms with E-state index in [-0.39, 0.29) is 0 Å². The second-order valence-corrected chi connectivity index (χ2v) is 6.92. The summed E-state index contributed by atoms with van der Waals surface area (Å²) < 4.78 is 0. The number of nitrogens with zero attached hydrogens (tertiary/aromatic N) is 1. The molecule has 0 aliphatic carbocycles. The highest BCUT2D eigenvalue weighted by molar-refractivity contribution is 7.99. The van der Waals surface area contributed by atoms with Crippen LogP contribution in [0.25, 0.3) is 0 Å². The van der Waals surface area contributed by atoms with Crippen LogP contribution in [0.15, 0.2) is 0 Å². The smallest absolute Gasteiger partial charge is 0.0198 e. The molecular weight excluding hydrogens is 216 g/mol. The Balaban J connectivity index is 1.72. The van der Waals surface area contributed by atoms with Crippen LogP contribution in [0.5, 0.6) is 0 Å². The van der Waals surface area contributed by atoms with E-state index in [0.717, 1.165) is 17.9 Å². The maximum absolute atomic E-state index is 3.66. The molecule has 1 N–H and O–H groups in total. The van der Waals surface area contributed by atoms with Gasteiger partial charge in [0.2, 0.25) is 0 Å². The van der Waals surface area contributed by atoms with E-state index in [4.69, 9.17) is 0 Å². The molecule has 0 aromatic heterocycles. The Hall–Kier alpha value is 0.270. The maximum Gasteiger partial charge on any atom is 0.0198 e. The molecule has 3 heteroatoms. The van der Waals surface area contributed by atoms with E-state index in [1.807, 2.05) is 0 Å². The standard InChI is InChI=1S/C13H26N2S/c1-11(2)7-13-9-15(5-4-14-13)8-12-3-6-16-10-12/h11-14H,3-10H2,1-2H3. The van der Waals surface area contributed by atoms with Crippen molar-refractivity contribution in [2.45, 2.75) is 32.7 Å². The molecule has 2 aliphatic heterocycles. The van der Waals surface area contributed by atoms with Crippen LogP contribution >= 0.6 is 11.8 Å². The molecule has 0 amide bonds. The number of rotatable bonds is 4. The van der Waals surface area contributed by atoms with Crippen LogP contribution in [-0.4, -0.2) is 48.6 Å². The summed E-state index contributed by atoms with van der Waals surface area (Å²) >= 11 is 2.14. The maximum atomic E-state index is 3.66. The van der Waals surface area contributed by atoms with E-state index in [1.165, 1.54) is 50.5 Å². The van der Waals surface area contributed by atoms with Gasteiger partial charge >= 0.3 is 0 Å². The normalized spacial score (nSPS) is 32.4. The lowest BCUT2D eigenvalue weighted by Crippen LogP contribution is -2.52. The van der Waals surface area contributed by atoms with Crippen molar-refractivity contribution >= 4 is 11.8 Å². The van der Waals surface area contributed by atoms with Crippen LogP contribution in [0.2, 0.25) is 0 Å². The van der Waals surface area contributed by atoms with Gasteiger partial charge in [-0.15, -0.1) is 0 Å². The summed E-state index contributed by atoms with van der Waals surface area (Å²) in [5.41, 5.74) is 0. The van der Waals surface area contributed by atoms with Crippen molar-refractivity contribution in [2.75, 3.05) is 37.7 Å². The largest absolute Gasteiger partial charge is 0.311 e. The van der Waals surface area contributed by atoms with Crippen LogP contribution in [0, 0.1) is 11.8 Å². The van der Waals surface area contributed by atoms with Gasteiger partial charge in [0.25, 0.3) is 0 Å². The molecule has 2 heterocycles. The minimum absolute atomic E-state index is 0.739. The van der Waals surface area contributed by atoms with E-state index in [0.29, 0.717) is 0 Å². The SMILES string of the molecule is CC(C)CC1CN(CC2CCSC2)CCN1. The number of thioether (sulfide) groups is 1. The third-order valence-corrected chi connectivity index (χ3v) is 4.87. The summed E-state index contributed by atoms with van der Waals surface area (Å²) in [7, 11) is 0. The predicted octanol–water partition coefficient (Wildman–Crippen LogP) is 2.06. The molecule has 2 atom stereocenters. The van der Waals surface area contributed by atoms with Crippen LogP contribution < -0.4 is 5.32 Å². The minimum Gasteiger partial charge on any atom is -0.311 e. The van der Waals surface area contributed by atoms with Gasteiger partial charge in [0.15, 0.2) is 0 Å². The first-order valence-electron chi connectivity index (χ1n) is 6.77. The van der Waals surface area contributed by atoms with Gasteiger partial charge in [0.05, 0.1) is 0 Å². The zero-order valence-corrected chi connectivity index (χ0v) is 11.6. The van der Waals surface area contributed by atoms with Crippen LogP contribution in [0.4, 0.5) is 0 Å². The fourth-order valence-corrected chi connectivity index (χ4v) is 4.15. The lowest BCUT2D eigenvalue weighted by Gasteiger charge is -2.35. The van der Waals surface area contributed by atoms with Gasteiger partial charge in [-0.25, -0.2) is 0 Å². The number of hydrogen-bond acceptors (Lipinski definition) is 3. The first kappa shape index (κ1) is 12.7. The Morgan fingerprint density at radius 1 is 1.44 bits per heavy atom. The van der Waals surface area contributed by atoms with Crippen molar-refractivity contribution in [3.8, 4) is 0 Å². The van der Waals surface area contributed by atoms with Gasteiger partial charge in [0.1, 0.15) is 0 Å². The monoisotopic (exact) mass is 242 g/mol. The first-order valence-corrected chi connectivity index (χ1v) is 7.93. The Bertz CT molecular complexity index is 202. The Labute approximate surface area is 105 Å². The third kappa shape index (κ3) is 3.94. The van der Waals surface area contributed by atoms with Gasteiger partial charge in [0, 0.05) is 32.2 Å². The van der Waals surface area contributed by atoms with Gasteiger partial charge < -0.3 is 10.2 Å². The molecule has 0 radical (unpaired) electrons. The Morgan fingerprint density at radius 2 is 2.31 bits per heavy atom. The van der Waals surface area contributed by atoms with Gasteiger partial charge in [-0.1, -0.05) is 13.8 Å². The Morgan fingerprint density at radius 3 is 3.00 bits per heavy atom. The lowest BCUT2D eigenvalue weighted by atomic mass is 10.0. The predicted molar refractivity (Wildman–Crippen MR) is 73.1 cm³/mol. The van der Waals surface area contributed by atoms with E-state index in [2.05, 4.69) is 35.8 Å². The summed E-state index contributed by atoms with van der Waals surface area (Å²) in [6.07, 6.45) is 2.78. The summed E-state index contributed by atoms with van der Waals surface area (Å²) in [6.45, 7) is 9.73. The second-order valence-electron chi connectivity index (χ2n) is 5.77. The fourth-order valence-electron chi connectivity index (χ4n) is 2.88. The molecule has 2 saturated heterocycles. The second kappa shape index (κ2) is 6.27. The highest BCUT2D eigenvalue weighted by Crippen LogP contribution is 2.24. The molecule has 2 fully saturated rings. The fraction of sp³-hybridized carbons (Fsp3) is 1.00. The van der Waals surface area contributed by atoms with Crippen molar-refractivity contribution in [3.63, 3.8) is 0 Å². The highest BCUT2D eigenvalue weighted by atomic mass is 32.2. The van der Waals surface area contributed by atoms with E-state index >= 15 is 0 Å². The summed E-state index contributed by atoms with van der Waals surface area (Å²) in [5.74, 6) is 4.59. The highest BCUT2D eigenvalue weighted by Gasteiger charge is 2.24. The molecule has 0 bridgehead atoms. The molecule has 2 nitrogen and oxygen atoms in total. The zero-order valence-electron chi connectivity index (χ0n) is 10.7. The van der Waals surface area contributed by atoms with Crippen LogP contribution in [-0.2, 0) is 0 Å². The van der Waals surface area contributed by atoms with E-state index < -0.39 is 0 Å². The molecule has 2 unspecified atom stereocenters. The zero-order chi connectivity index (χ0) is 11.4. The number of piperazine rings is 1. The van der Waals surface area contributed by atoms with Crippen molar-refractivity contribution in [1.29, 1.82) is 0 Å². The molecule has 2 rings (SSSR count). The number of nitrogens with one attached hydrogen (secondary N) is 1. The molecule has 16 heavy (non-hydrogen) atoms. The summed E-state index contributed by atoms with van der Waals surface area (Å²) in [4.78, 5) is 2.69. The van der Waals surface area contributed by atoms with E-state index in [1.54, 1.807) is 0 Å². The average molecular weight is 242 g/mol. The Kier molecular flexibility index (Phi) is 4.98. The molecular formula is C13H26N2S. The third-order valence-electron chi connectivity index (χ3n) is 3.64. The van der Waals surface area contributed by atoms with Crippen molar-refractivity contribution < 1.29 is 0 Å². The molecule has 2 aliphatic rings. The van der Waals surface area contributed by atoms with Gasteiger partial charge in [-0.05, 0) is 36.2 Å². The van der Waals surface area contributed by atoms with Crippen molar-refractivity contribution in [2.24, 2.45) is 11.8 Å². The van der Waals surface area contributed by atoms with E-state index in [9.17, 15) is 0 Å². The van der Waals surface area contributed by atoms with Gasteiger partial charge in [-0.3, -0.25) is 0 Å². The molecule has 0 saturated carbocycles. The average Bonchev–Trinajstić information content (AvgIpc) is 2.70. The van der Waals surface area contributed by atoms with Crippen molar-refractivity contribution in [1.82, 2.24) is 10.2 Å². The molecule has 0 spiro atoms. The summed E-state index contributed by atoms with van der Waals surface area (Å²) in [6, 6.07) is 0.739. The summed E-state index contributed by atoms with van der Waals surface area (Å²) in [5, 5.41) is 3.66. The quantitative estimate of drug-likeness (QED) is 0.812. The first-order chi connectivity index (χ1) is 7.74.